The van der Waals surface area contributed by atoms with Crippen molar-refractivity contribution in [2.24, 2.45) is 5.92 Å². The van der Waals surface area contributed by atoms with E-state index in [1.165, 1.54) is 0 Å². The van der Waals surface area contributed by atoms with E-state index in [0.717, 1.165) is 12.0 Å². The molecule has 1 aromatic heterocycles. The molecule has 0 fully saturated rings. The molecule has 0 saturated heterocycles. The second-order valence-corrected chi connectivity index (χ2v) is 6.60. The van der Waals surface area contributed by atoms with E-state index in [4.69, 9.17) is 9.15 Å². The molecular formula is C19H26N4O4. The van der Waals surface area contributed by atoms with Crippen LogP contribution in [0.1, 0.15) is 43.4 Å². The monoisotopic (exact) mass is 374 g/mol. The number of ether oxygens (including phenoxy) is 1. The molecule has 1 aromatic carbocycles. The Morgan fingerprint density at radius 1 is 1.19 bits per heavy atom. The van der Waals surface area contributed by atoms with Crippen molar-refractivity contribution in [3.05, 3.63) is 35.7 Å². The second kappa shape index (κ2) is 9.70. The SMILES string of the molecule is CCOC(=O)N[C@@H](CNC(=O)c1ccc(-c2nnc(C)o2)cc1)CC(C)C. The first-order valence-corrected chi connectivity index (χ1v) is 9.01. The summed E-state index contributed by atoms with van der Waals surface area (Å²) in [5.74, 6) is 1.04. The number of alkyl carbamates (subject to hydrolysis) is 1. The summed E-state index contributed by atoms with van der Waals surface area (Å²) in [5.41, 5.74) is 1.25. The number of amides is 2. The van der Waals surface area contributed by atoms with Gasteiger partial charge in [-0.3, -0.25) is 4.79 Å². The van der Waals surface area contributed by atoms with Gasteiger partial charge < -0.3 is 19.8 Å². The third-order valence-electron chi connectivity index (χ3n) is 3.78. The topological polar surface area (TPSA) is 106 Å². The number of rotatable bonds is 8. The molecule has 0 aliphatic carbocycles. The molecule has 0 saturated carbocycles. The van der Waals surface area contributed by atoms with Gasteiger partial charge in [0.1, 0.15) is 0 Å². The maximum absolute atomic E-state index is 12.4. The Hall–Kier alpha value is -2.90. The lowest BCUT2D eigenvalue weighted by molar-refractivity contribution is 0.0944. The fourth-order valence-electron chi connectivity index (χ4n) is 2.60. The Kier molecular flexibility index (Phi) is 7.34. The van der Waals surface area contributed by atoms with Crippen LogP contribution in [-0.4, -0.2) is 41.4 Å². The van der Waals surface area contributed by atoms with Gasteiger partial charge in [-0.05, 0) is 43.5 Å². The smallest absolute Gasteiger partial charge is 0.407 e. The van der Waals surface area contributed by atoms with Crippen LogP contribution < -0.4 is 10.6 Å². The van der Waals surface area contributed by atoms with Gasteiger partial charge in [-0.1, -0.05) is 13.8 Å². The van der Waals surface area contributed by atoms with Gasteiger partial charge in [0.15, 0.2) is 0 Å². The van der Waals surface area contributed by atoms with Crippen LogP contribution in [0.15, 0.2) is 28.7 Å². The van der Waals surface area contributed by atoms with E-state index in [1.54, 1.807) is 38.1 Å². The highest BCUT2D eigenvalue weighted by Gasteiger charge is 2.16. The Balaban J connectivity index is 1.94. The highest BCUT2D eigenvalue weighted by atomic mass is 16.5. The summed E-state index contributed by atoms with van der Waals surface area (Å²) in [6.45, 7) is 8.20. The molecule has 0 bridgehead atoms. The van der Waals surface area contributed by atoms with Crippen molar-refractivity contribution in [2.75, 3.05) is 13.2 Å². The molecule has 1 heterocycles. The van der Waals surface area contributed by atoms with E-state index in [1.807, 2.05) is 0 Å². The normalized spacial score (nSPS) is 11.9. The molecule has 2 rings (SSSR count). The zero-order chi connectivity index (χ0) is 19.8. The summed E-state index contributed by atoms with van der Waals surface area (Å²) in [4.78, 5) is 24.0. The molecule has 1 atom stereocenters. The van der Waals surface area contributed by atoms with E-state index in [9.17, 15) is 9.59 Å². The van der Waals surface area contributed by atoms with E-state index < -0.39 is 6.09 Å². The Labute approximate surface area is 158 Å². The van der Waals surface area contributed by atoms with Gasteiger partial charge in [-0.2, -0.15) is 0 Å². The van der Waals surface area contributed by atoms with Gasteiger partial charge in [0.05, 0.1) is 6.61 Å². The standard InChI is InChI=1S/C19H26N4O4/c1-5-26-19(25)21-16(10-12(2)3)11-20-17(24)14-6-8-15(9-7-14)18-23-22-13(4)27-18/h6-9,12,16H,5,10-11H2,1-4H3,(H,20,24)(H,21,25)/t16-/m1/s1. The number of hydrogen-bond acceptors (Lipinski definition) is 6. The number of nitrogens with one attached hydrogen (secondary N) is 2. The summed E-state index contributed by atoms with van der Waals surface area (Å²) in [5, 5.41) is 13.4. The summed E-state index contributed by atoms with van der Waals surface area (Å²) >= 11 is 0. The van der Waals surface area contributed by atoms with Gasteiger partial charge in [-0.15, -0.1) is 10.2 Å². The Bertz CT molecular complexity index is 755. The van der Waals surface area contributed by atoms with Crippen molar-refractivity contribution in [2.45, 2.75) is 40.2 Å². The highest BCUT2D eigenvalue weighted by molar-refractivity contribution is 5.94. The fraction of sp³-hybridized carbons (Fsp3) is 0.474. The predicted molar refractivity (Wildman–Crippen MR) is 100 cm³/mol. The third kappa shape index (κ3) is 6.40. The maximum Gasteiger partial charge on any atom is 0.407 e. The van der Waals surface area contributed by atoms with Crippen molar-refractivity contribution in [1.29, 1.82) is 0 Å². The molecule has 0 spiro atoms. The highest BCUT2D eigenvalue weighted by Crippen LogP contribution is 2.18. The zero-order valence-electron chi connectivity index (χ0n) is 16.1. The van der Waals surface area contributed by atoms with Gasteiger partial charge >= 0.3 is 6.09 Å². The molecular weight excluding hydrogens is 348 g/mol. The lowest BCUT2D eigenvalue weighted by Crippen LogP contribution is -2.44. The van der Waals surface area contributed by atoms with Crippen LogP contribution in [0.25, 0.3) is 11.5 Å². The van der Waals surface area contributed by atoms with Gasteiger partial charge in [-0.25, -0.2) is 4.79 Å². The zero-order valence-corrected chi connectivity index (χ0v) is 16.1. The average Bonchev–Trinajstić information content (AvgIpc) is 3.05. The van der Waals surface area contributed by atoms with Crippen LogP contribution in [0.3, 0.4) is 0 Å². The first-order chi connectivity index (χ1) is 12.9. The Morgan fingerprint density at radius 3 is 2.44 bits per heavy atom. The number of aromatic nitrogens is 2. The van der Waals surface area contributed by atoms with Gasteiger partial charge in [0, 0.05) is 30.6 Å². The second-order valence-electron chi connectivity index (χ2n) is 6.60. The molecule has 146 valence electrons. The van der Waals surface area contributed by atoms with Crippen LogP contribution in [0.5, 0.6) is 0 Å². The summed E-state index contributed by atoms with van der Waals surface area (Å²) < 4.78 is 10.3. The summed E-state index contributed by atoms with van der Waals surface area (Å²) in [7, 11) is 0. The number of aryl methyl sites for hydroxylation is 1. The molecule has 0 unspecified atom stereocenters. The first kappa shape index (κ1) is 20.4. The molecule has 0 radical (unpaired) electrons. The number of carbonyl (C=O) groups is 2. The van der Waals surface area contributed by atoms with Crippen LogP contribution in [0, 0.1) is 12.8 Å². The van der Waals surface area contributed by atoms with Crippen LogP contribution in [-0.2, 0) is 4.74 Å². The fourth-order valence-corrected chi connectivity index (χ4v) is 2.60. The number of carbonyl (C=O) groups excluding carboxylic acids is 2. The lowest BCUT2D eigenvalue weighted by atomic mass is 10.0. The van der Waals surface area contributed by atoms with Crippen LogP contribution >= 0.6 is 0 Å². The van der Waals surface area contributed by atoms with Crippen molar-refractivity contribution < 1.29 is 18.7 Å². The molecule has 0 aliphatic heterocycles. The summed E-state index contributed by atoms with van der Waals surface area (Å²) in [6.07, 6.45) is 0.255. The van der Waals surface area contributed by atoms with Crippen molar-refractivity contribution in [3.8, 4) is 11.5 Å². The molecule has 2 aromatic rings. The number of hydrogen-bond donors (Lipinski definition) is 2. The van der Waals surface area contributed by atoms with E-state index >= 15 is 0 Å². The lowest BCUT2D eigenvalue weighted by Gasteiger charge is -2.20. The minimum atomic E-state index is -0.475. The van der Waals surface area contributed by atoms with Crippen molar-refractivity contribution in [3.63, 3.8) is 0 Å². The maximum atomic E-state index is 12.4. The molecule has 2 amide bonds. The van der Waals surface area contributed by atoms with Crippen LogP contribution in [0.4, 0.5) is 4.79 Å². The summed E-state index contributed by atoms with van der Waals surface area (Å²) in [6, 6.07) is 6.70. The quantitative estimate of drug-likeness (QED) is 0.736. The average molecular weight is 374 g/mol. The van der Waals surface area contributed by atoms with Crippen molar-refractivity contribution in [1.82, 2.24) is 20.8 Å². The van der Waals surface area contributed by atoms with E-state index in [-0.39, 0.29) is 11.9 Å². The first-order valence-electron chi connectivity index (χ1n) is 9.01. The van der Waals surface area contributed by atoms with E-state index in [2.05, 4.69) is 34.7 Å². The number of benzene rings is 1. The molecule has 2 N–H and O–H groups in total. The minimum Gasteiger partial charge on any atom is -0.450 e. The third-order valence-corrected chi connectivity index (χ3v) is 3.78. The Morgan fingerprint density at radius 2 is 1.89 bits per heavy atom. The molecule has 8 nitrogen and oxygen atoms in total. The molecule has 27 heavy (non-hydrogen) atoms. The number of nitrogens with zero attached hydrogens (tertiary/aromatic N) is 2. The van der Waals surface area contributed by atoms with Crippen molar-refractivity contribution >= 4 is 12.0 Å². The minimum absolute atomic E-state index is 0.200. The molecule has 0 aliphatic rings. The van der Waals surface area contributed by atoms with Gasteiger partial charge in [0.2, 0.25) is 11.8 Å². The molecule has 8 heteroatoms. The largest absolute Gasteiger partial charge is 0.450 e. The van der Waals surface area contributed by atoms with E-state index in [0.29, 0.717) is 36.4 Å². The van der Waals surface area contributed by atoms with Gasteiger partial charge in [0.25, 0.3) is 5.91 Å². The predicted octanol–water partition coefficient (Wildman–Crippen LogP) is 2.94. The van der Waals surface area contributed by atoms with Crippen LogP contribution in [0.2, 0.25) is 0 Å².